The molecule has 8 nitrogen and oxygen atoms in total. The molecule has 1 amide bonds. The van der Waals surface area contributed by atoms with Crippen molar-refractivity contribution in [3.8, 4) is 5.75 Å². The second-order valence-electron chi connectivity index (χ2n) is 6.46. The minimum absolute atomic E-state index is 0.0469. The Labute approximate surface area is 179 Å². The second kappa shape index (κ2) is 9.31. The van der Waals surface area contributed by atoms with E-state index in [9.17, 15) is 18.0 Å². The monoisotopic (exact) mass is 440 g/mol. The van der Waals surface area contributed by atoms with Gasteiger partial charge in [-0.2, -0.15) is 0 Å². The Morgan fingerprint density at radius 1 is 0.903 bits per heavy atom. The van der Waals surface area contributed by atoms with Crippen LogP contribution in [-0.2, 0) is 19.6 Å². The van der Waals surface area contributed by atoms with Gasteiger partial charge in [-0.05, 0) is 48.5 Å². The number of amides is 1. The average molecular weight is 440 g/mol. The molecule has 0 aromatic heterocycles. The summed E-state index contributed by atoms with van der Waals surface area (Å²) in [7, 11) is -2.36. The Hall–Kier alpha value is -3.85. The quantitative estimate of drug-likeness (QED) is 0.519. The lowest BCUT2D eigenvalue weighted by atomic mass is 10.1. The second-order valence-corrected chi connectivity index (χ2v) is 8.14. The zero-order valence-corrected chi connectivity index (χ0v) is 17.3. The van der Waals surface area contributed by atoms with E-state index in [0.717, 1.165) is 0 Å². The van der Waals surface area contributed by atoms with Gasteiger partial charge in [0.1, 0.15) is 5.75 Å². The summed E-state index contributed by atoms with van der Waals surface area (Å²) in [4.78, 5) is 24.1. The van der Waals surface area contributed by atoms with E-state index in [2.05, 4.69) is 4.72 Å². The Kier molecular flexibility index (Phi) is 6.56. The van der Waals surface area contributed by atoms with Gasteiger partial charge in [-0.3, -0.25) is 9.52 Å². The summed E-state index contributed by atoms with van der Waals surface area (Å²) in [5, 5.41) is 0. The number of esters is 1. The molecule has 0 saturated heterocycles. The van der Waals surface area contributed by atoms with Crippen LogP contribution in [0.15, 0.2) is 83.8 Å². The number of hydrogen-bond acceptors (Lipinski definition) is 6. The molecular formula is C22H20N2O6S. The molecule has 9 heteroatoms. The number of anilines is 1. The molecule has 3 aromatic rings. The van der Waals surface area contributed by atoms with Crippen LogP contribution < -0.4 is 15.2 Å². The minimum Gasteiger partial charge on any atom is -0.497 e. The summed E-state index contributed by atoms with van der Waals surface area (Å²) in [5.74, 6) is -1.03. The summed E-state index contributed by atoms with van der Waals surface area (Å²) in [6, 6.07) is 19.9. The van der Waals surface area contributed by atoms with Crippen LogP contribution >= 0.6 is 0 Å². The molecule has 0 aliphatic carbocycles. The van der Waals surface area contributed by atoms with E-state index >= 15 is 0 Å². The first kappa shape index (κ1) is 21.8. The third-order valence-corrected chi connectivity index (χ3v) is 5.73. The molecule has 0 unspecified atom stereocenters. The fourth-order valence-electron chi connectivity index (χ4n) is 2.74. The van der Waals surface area contributed by atoms with E-state index < -0.39 is 28.0 Å². The van der Waals surface area contributed by atoms with Crippen molar-refractivity contribution in [2.75, 3.05) is 11.8 Å². The van der Waals surface area contributed by atoms with Gasteiger partial charge in [-0.1, -0.05) is 30.3 Å². The van der Waals surface area contributed by atoms with Gasteiger partial charge in [0, 0.05) is 11.3 Å². The fourth-order valence-corrected chi connectivity index (χ4v) is 3.80. The standard InChI is InChI=1S/C22H20N2O6S/c1-29-18-11-9-17(10-12-18)24-31(27,28)19-13-7-16(8-14-19)22(26)30-20(21(23)25)15-5-3-2-4-6-15/h2-14,20,24H,1H3,(H2,23,25)/t20-/m0/s1. The smallest absolute Gasteiger partial charge is 0.339 e. The zero-order chi connectivity index (χ0) is 22.4. The predicted molar refractivity (Wildman–Crippen MR) is 114 cm³/mol. The summed E-state index contributed by atoms with van der Waals surface area (Å²) >= 11 is 0. The first-order valence-corrected chi connectivity index (χ1v) is 10.6. The van der Waals surface area contributed by atoms with Crippen molar-refractivity contribution in [2.24, 2.45) is 5.73 Å². The van der Waals surface area contributed by atoms with E-state index in [0.29, 0.717) is 17.0 Å². The van der Waals surface area contributed by atoms with Crippen LogP contribution in [0.4, 0.5) is 5.69 Å². The van der Waals surface area contributed by atoms with Crippen molar-refractivity contribution in [3.63, 3.8) is 0 Å². The number of nitrogens with one attached hydrogen (secondary N) is 1. The van der Waals surface area contributed by atoms with Crippen LogP contribution in [0.25, 0.3) is 0 Å². The first-order valence-electron chi connectivity index (χ1n) is 9.12. The van der Waals surface area contributed by atoms with Gasteiger partial charge in [0.05, 0.1) is 17.6 Å². The Balaban J connectivity index is 1.73. The highest BCUT2D eigenvalue weighted by atomic mass is 32.2. The molecule has 3 aromatic carbocycles. The number of primary amides is 1. The maximum Gasteiger partial charge on any atom is 0.339 e. The maximum atomic E-state index is 12.6. The SMILES string of the molecule is COc1ccc(NS(=O)(=O)c2ccc(C(=O)O[C@H](C(N)=O)c3ccccc3)cc2)cc1. The topological polar surface area (TPSA) is 125 Å². The third-order valence-electron chi connectivity index (χ3n) is 4.33. The Bertz CT molecular complexity index is 1160. The van der Waals surface area contributed by atoms with Crippen LogP contribution in [0, 0.1) is 0 Å². The van der Waals surface area contributed by atoms with E-state index in [1.54, 1.807) is 54.6 Å². The number of ether oxygens (including phenoxy) is 2. The molecule has 0 aliphatic rings. The van der Waals surface area contributed by atoms with Crippen molar-refractivity contribution in [1.29, 1.82) is 0 Å². The highest BCUT2D eigenvalue weighted by Crippen LogP contribution is 2.22. The van der Waals surface area contributed by atoms with Gasteiger partial charge in [-0.25, -0.2) is 13.2 Å². The number of sulfonamides is 1. The van der Waals surface area contributed by atoms with Gasteiger partial charge < -0.3 is 15.2 Å². The van der Waals surface area contributed by atoms with Gasteiger partial charge in [0.15, 0.2) is 0 Å². The lowest BCUT2D eigenvalue weighted by Crippen LogP contribution is -2.26. The Morgan fingerprint density at radius 3 is 2.06 bits per heavy atom. The molecule has 3 rings (SSSR count). The highest BCUT2D eigenvalue weighted by Gasteiger charge is 2.23. The summed E-state index contributed by atoms with van der Waals surface area (Å²) in [6.07, 6.45) is -1.26. The van der Waals surface area contributed by atoms with Gasteiger partial charge in [0.2, 0.25) is 6.10 Å². The molecule has 0 spiro atoms. The molecular weight excluding hydrogens is 420 g/mol. The third kappa shape index (κ3) is 5.40. The molecule has 160 valence electrons. The lowest BCUT2D eigenvalue weighted by molar-refractivity contribution is -0.127. The van der Waals surface area contributed by atoms with Crippen molar-refractivity contribution >= 4 is 27.6 Å². The van der Waals surface area contributed by atoms with Crippen LogP contribution in [0.5, 0.6) is 5.75 Å². The largest absolute Gasteiger partial charge is 0.497 e. The van der Waals surface area contributed by atoms with Crippen molar-refractivity contribution in [1.82, 2.24) is 0 Å². The van der Waals surface area contributed by atoms with E-state index in [1.807, 2.05) is 0 Å². The number of hydrogen-bond donors (Lipinski definition) is 2. The van der Waals surface area contributed by atoms with Crippen molar-refractivity contribution in [3.05, 3.63) is 90.0 Å². The van der Waals surface area contributed by atoms with E-state index in [-0.39, 0.29) is 10.5 Å². The number of carbonyl (C=O) groups excluding carboxylic acids is 2. The van der Waals surface area contributed by atoms with Gasteiger partial charge in [-0.15, -0.1) is 0 Å². The minimum atomic E-state index is -3.87. The molecule has 0 radical (unpaired) electrons. The normalized spacial score (nSPS) is 11.9. The van der Waals surface area contributed by atoms with Gasteiger partial charge in [0.25, 0.3) is 15.9 Å². The summed E-state index contributed by atoms with van der Waals surface area (Å²) < 4.78 is 37.9. The van der Waals surface area contributed by atoms with Crippen LogP contribution in [0.2, 0.25) is 0 Å². The molecule has 3 N–H and O–H groups in total. The summed E-state index contributed by atoms with van der Waals surface area (Å²) in [5.41, 5.74) is 6.22. The van der Waals surface area contributed by atoms with Gasteiger partial charge >= 0.3 is 5.97 Å². The maximum absolute atomic E-state index is 12.6. The Morgan fingerprint density at radius 2 is 1.52 bits per heavy atom. The number of methoxy groups -OCH3 is 1. The van der Waals surface area contributed by atoms with Crippen LogP contribution in [0.3, 0.4) is 0 Å². The molecule has 1 atom stereocenters. The molecule has 0 aliphatic heterocycles. The fraction of sp³-hybridized carbons (Fsp3) is 0.0909. The zero-order valence-electron chi connectivity index (χ0n) is 16.5. The molecule has 0 saturated carbocycles. The number of rotatable bonds is 8. The highest BCUT2D eigenvalue weighted by molar-refractivity contribution is 7.92. The number of benzene rings is 3. The number of nitrogens with two attached hydrogens (primary N) is 1. The summed E-state index contributed by atoms with van der Waals surface area (Å²) in [6.45, 7) is 0. The van der Waals surface area contributed by atoms with Crippen LogP contribution in [-0.4, -0.2) is 27.4 Å². The van der Waals surface area contributed by atoms with Crippen molar-refractivity contribution < 1.29 is 27.5 Å². The van der Waals surface area contributed by atoms with E-state index in [4.69, 9.17) is 15.2 Å². The average Bonchev–Trinajstić information content (AvgIpc) is 2.78. The number of carbonyl (C=O) groups is 2. The lowest BCUT2D eigenvalue weighted by Gasteiger charge is -2.15. The van der Waals surface area contributed by atoms with Crippen molar-refractivity contribution in [2.45, 2.75) is 11.0 Å². The molecule has 0 bridgehead atoms. The first-order chi connectivity index (χ1) is 14.8. The predicted octanol–water partition coefficient (Wildman–Crippen LogP) is 2.88. The van der Waals surface area contributed by atoms with Crippen LogP contribution in [0.1, 0.15) is 22.0 Å². The molecule has 31 heavy (non-hydrogen) atoms. The van der Waals surface area contributed by atoms with E-state index in [1.165, 1.54) is 31.4 Å². The molecule has 0 fully saturated rings. The molecule has 0 heterocycles.